The van der Waals surface area contributed by atoms with Crippen LogP contribution in [0.15, 0.2) is 24.3 Å². The van der Waals surface area contributed by atoms with Gasteiger partial charge in [0.25, 0.3) is 0 Å². The fourth-order valence-electron chi connectivity index (χ4n) is 3.40. The van der Waals surface area contributed by atoms with Crippen molar-refractivity contribution in [2.75, 3.05) is 13.7 Å². The molecule has 3 heteroatoms. The minimum Gasteiger partial charge on any atom is -0.497 e. The van der Waals surface area contributed by atoms with Gasteiger partial charge < -0.3 is 14.6 Å². The lowest BCUT2D eigenvalue weighted by molar-refractivity contribution is -0.149. The highest BCUT2D eigenvalue weighted by molar-refractivity contribution is 5.32. The van der Waals surface area contributed by atoms with Gasteiger partial charge in [-0.1, -0.05) is 46.8 Å². The third kappa shape index (κ3) is 2.13. The standard InChI is InChI=1S/C17H26O3/c1-15(2,3)17(18)14(20-11-16(17,4)5)12-7-9-13(19-6)10-8-12/h7-10,14,18H,11H2,1-6H3/t14-,17-/m0/s1. The average Bonchev–Trinajstić information content (AvgIpc) is 2.62. The maximum absolute atomic E-state index is 11.4. The molecule has 0 unspecified atom stereocenters. The first kappa shape index (κ1) is 15.3. The fraction of sp³-hybridized carbons (Fsp3) is 0.647. The second-order valence-corrected chi connectivity index (χ2v) is 7.36. The summed E-state index contributed by atoms with van der Waals surface area (Å²) < 4.78 is 11.2. The summed E-state index contributed by atoms with van der Waals surface area (Å²) in [5, 5.41) is 11.4. The van der Waals surface area contributed by atoms with Gasteiger partial charge in [0, 0.05) is 5.41 Å². The fourth-order valence-corrected chi connectivity index (χ4v) is 3.40. The van der Waals surface area contributed by atoms with E-state index in [9.17, 15) is 5.11 Å². The van der Waals surface area contributed by atoms with Gasteiger partial charge in [0.2, 0.25) is 0 Å². The maximum atomic E-state index is 11.4. The molecule has 0 radical (unpaired) electrons. The molecule has 3 nitrogen and oxygen atoms in total. The average molecular weight is 278 g/mol. The van der Waals surface area contributed by atoms with Crippen molar-refractivity contribution in [3.8, 4) is 5.75 Å². The number of ether oxygens (including phenoxy) is 2. The van der Waals surface area contributed by atoms with Crippen LogP contribution in [-0.4, -0.2) is 24.4 Å². The van der Waals surface area contributed by atoms with Gasteiger partial charge in [0.1, 0.15) is 17.5 Å². The number of methoxy groups -OCH3 is 1. The predicted molar refractivity (Wildman–Crippen MR) is 79.9 cm³/mol. The number of rotatable bonds is 2. The van der Waals surface area contributed by atoms with Crippen LogP contribution in [0.5, 0.6) is 5.75 Å². The summed E-state index contributed by atoms with van der Waals surface area (Å²) in [4.78, 5) is 0. The van der Waals surface area contributed by atoms with E-state index in [2.05, 4.69) is 34.6 Å². The molecule has 1 fully saturated rings. The molecule has 0 aliphatic carbocycles. The zero-order valence-corrected chi connectivity index (χ0v) is 13.4. The van der Waals surface area contributed by atoms with Crippen LogP contribution in [0.4, 0.5) is 0 Å². The van der Waals surface area contributed by atoms with Gasteiger partial charge in [-0.05, 0) is 23.1 Å². The minimum absolute atomic E-state index is 0.280. The Kier molecular flexibility index (Phi) is 3.64. The van der Waals surface area contributed by atoms with Crippen molar-refractivity contribution in [1.82, 2.24) is 0 Å². The maximum Gasteiger partial charge on any atom is 0.118 e. The molecule has 1 aliphatic heterocycles. The van der Waals surface area contributed by atoms with Crippen molar-refractivity contribution in [3.05, 3.63) is 29.8 Å². The lowest BCUT2D eigenvalue weighted by Crippen LogP contribution is -2.54. The van der Waals surface area contributed by atoms with Crippen molar-refractivity contribution in [3.63, 3.8) is 0 Å². The molecule has 1 aliphatic rings. The number of hydrogen-bond acceptors (Lipinski definition) is 3. The van der Waals surface area contributed by atoms with Crippen LogP contribution < -0.4 is 4.74 Å². The molecular weight excluding hydrogens is 252 g/mol. The van der Waals surface area contributed by atoms with Gasteiger partial charge in [0.15, 0.2) is 0 Å². The van der Waals surface area contributed by atoms with Crippen molar-refractivity contribution >= 4 is 0 Å². The quantitative estimate of drug-likeness (QED) is 0.899. The third-order valence-corrected chi connectivity index (χ3v) is 4.58. The molecule has 0 aromatic heterocycles. The zero-order valence-electron chi connectivity index (χ0n) is 13.4. The topological polar surface area (TPSA) is 38.7 Å². The molecule has 1 aromatic rings. The molecule has 0 saturated carbocycles. The van der Waals surface area contributed by atoms with Gasteiger partial charge in [-0.3, -0.25) is 0 Å². The Morgan fingerprint density at radius 2 is 1.75 bits per heavy atom. The normalized spacial score (nSPS) is 29.4. The molecule has 1 aromatic carbocycles. The smallest absolute Gasteiger partial charge is 0.118 e. The van der Waals surface area contributed by atoms with E-state index in [1.54, 1.807) is 7.11 Å². The van der Waals surface area contributed by atoms with E-state index in [1.807, 2.05) is 24.3 Å². The van der Waals surface area contributed by atoms with Crippen LogP contribution in [0.3, 0.4) is 0 Å². The molecule has 1 saturated heterocycles. The van der Waals surface area contributed by atoms with Crippen LogP contribution >= 0.6 is 0 Å². The van der Waals surface area contributed by atoms with Gasteiger partial charge in [-0.2, -0.15) is 0 Å². The Bertz CT molecular complexity index is 470. The molecular formula is C17H26O3. The molecule has 1 heterocycles. The highest BCUT2D eigenvalue weighted by atomic mass is 16.5. The van der Waals surface area contributed by atoms with Crippen LogP contribution in [0.25, 0.3) is 0 Å². The van der Waals surface area contributed by atoms with E-state index in [0.29, 0.717) is 6.61 Å². The Balaban J connectivity index is 2.45. The zero-order chi connectivity index (χ0) is 15.2. The Morgan fingerprint density at radius 1 is 1.20 bits per heavy atom. The summed E-state index contributed by atoms with van der Waals surface area (Å²) in [6, 6.07) is 7.77. The summed E-state index contributed by atoms with van der Waals surface area (Å²) in [6.07, 6.45) is -0.316. The lowest BCUT2D eigenvalue weighted by atomic mass is 9.60. The predicted octanol–water partition coefficient (Wildman–Crippen LogP) is 3.57. The first-order valence-electron chi connectivity index (χ1n) is 7.11. The van der Waals surface area contributed by atoms with Crippen LogP contribution in [0.1, 0.15) is 46.3 Å². The van der Waals surface area contributed by atoms with Crippen LogP contribution in [0.2, 0.25) is 0 Å². The third-order valence-electron chi connectivity index (χ3n) is 4.58. The van der Waals surface area contributed by atoms with Gasteiger partial charge >= 0.3 is 0 Å². The summed E-state index contributed by atoms with van der Waals surface area (Å²) in [6.45, 7) is 10.9. The molecule has 0 spiro atoms. The summed E-state index contributed by atoms with van der Waals surface area (Å²) in [5.74, 6) is 0.810. The second kappa shape index (κ2) is 4.74. The van der Waals surface area contributed by atoms with Crippen molar-refractivity contribution < 1.29 is 14.6 Å². The Hall–Kier alpha value is -1.06. The molecule has 20 heavy (non-hydrogen) atoms. The largest absolute Gasteiger partial charge is 0.497 e. The molecule has 2 rings (SSSR count). The first-order valence-corrected chi connectivity index (χ1v) is 7.11. The minimum atomic E-state index is -0.922. The first-order chi connectivity index (χ1) is 9.13. The summed E-state index contributed by atoms with van der Waals surface area (Å²) >= 11 is 0. The van der Waals surface area contributed by atoms with Crippen LogP contribution in [-0.2, 0) is 4.74 Å². The van der Waals surface area contributed by atoms with Crippen molar-refractivity contribution in [2.24, 2.45) is 10.8 Å². The molecule has 112 valence electrons. The Labute approximate surface area is 121 Å². The van der Waals surface area contributed by atoms with Crippen molar-refractivity contribution in [1.29, 1.82) is 0 Å². The molecule has 2 atom stereocenters. The highest BCUT2D eigenvalue weighted by Crippen LogP contribution is 2.57. The van der Waals surface area contributed by atoms with Gasteiger partial charge in [-0.25, -0.2) is 0 Å². The lowest BCUT2D eigenvalue weighted by Gasteiger charge is -2.48. The SMILES string of the molecule is COc1ccc([C@@H]2OCC(C)(C)[C@@]2(O)C(C)(C)C)cc1. The van der Waals surface area contributed by atoms with Gasteiger partial charge in [-0.15, -0.1) is 0 Å². The summed E-state index contributed by atoms with van der Waals surface area (Å²) in [5.41, 5.74) is -0.504. The Morgan fingerprint density at radius 3 is 2.20 bits per heavy atom. The highest BCUT2D eigenvalue weighted by Gasteiger charge is 2.61. The van der Waals surface area contributed by atoms with E-state index < -0.39 is 5.60 Å². The number of aliphatic hydroxyl groups is 1. The second-order valence-electron chi connectivity index (χ2n) is 7.36. The molecule has 1 N–H and O–H groups in total. The van der Waals surface area contributed by atoms with E-state index in [0.717, 1.165) is 11.3 Å². The van der Waals surface area contributed by atoms with E-state index in [4.69, 9.17) is 9.47 Å². The van der Waals surface area contributed by atoms with E-state index in [-0.39, 0.29) is 16.9 Å². The van der Waals surface area contributed by atoms with Crippen molar-refractivity contribution in [2.45, 2.75) is 46.3 Å². The van der Waals surface area contributed by atoms with Gasteiger partial charge in [0.05, 0.1) is 13.7 Å². The molecule has 0 amide bonds. The van der Waals surface area contributed by atoms with Crippen LogP contribution in [0, 0.1) is 10.8 Å². The number of hydrogen-bond donors (Lipinski definition) is 1. The monoisotopic (exact) mass is 278 g/mol. The number of benzene rings is 1. The van der Waals surface area contributed by atoms with E-state index >= 15 is 0 Å². The van der Waals surface area contributed by atoms with E-state index in [1.165, 1.54) is 0 Å². The molecule has 0 bridgehead atoms. The summed E-state index contributed by atoms with van der Waals surface area (Å²) in [7, 11) is 1.65.